The van der Waals surface area contributed by atoms with E-state index in [9.17, 15) is 18.8 Å². The molecule has 0 aliphatic carbocycles. The third-order valence-corrected chi connectivity index (χ3v) is 4.43. The molecule has 2 aromatic carbocycles. The highest BCUT2D eigenvalue weighted by molar-refractivity contribution is 6.32. The van der Waals surface area contributed by atoms with Gasteiger partial charge in [0.25, 0.3) is 11.7 Å². The molecule has 1 aliphatic rings. The zero-order chi connectivity index (χ0) is 20.5. The van der Waals surface area contributed by atoms with Crippen molar-refractivity contribution < 1.29 is 28.2 Å². The van der Waals surface area contributed by atoms with Crippen molar-refractivity contribution in [3.8, 4) is 0 Å². The highest BCUT2D eigenvalue weighted by atomic mass is 35.5. The first-order valence-corrected chi connectivity index (χ1v) is 8.58. The van der Waals surface area contributed by atoms with Gasteiger partial charge in [0.15, 0.2) is 0 Å². The summed E-state index contributed by atoms with van der Waals surface area (Å²) in [6.45, 7) is 2.45. The van der Waals surface area contributed by atoms with Gasteiger partial charge in [-0.3, -0.25) is 19.7 Å². The molecule has 0 aromatic heterocycles. The summed E-state index contributed by atoms with van der Waals surface area (Å²) in [5, 5.41) is 2.50. The normalized spacial score (nSPS) is 18.6. The van der Waals surface area contributed by atoms with Gasteiger partial charge >= 0.3 is 5.97 Å². The first-order valence-electron chi connectivity index (χ1n) is 8.21. The third kappa shape index (κ3) is 3.61. The first kappa shape index (κ1) is 19.6. The molecule has 3 rings (SSSR count). The lowest BCUT2D eigenvalue weighted by Gasteiger charge is -2.24. The fourth-order valence-electron chi connectivity index (χ4n) is 2.74. The Kier molecular flexibility index (Phi) is 5.20. The predicted octanol–water partition coefficient (Wildman–Crippen LogP) is 3.46. The maximum Gasteiger partial charge on any atom is 0.308 e. The lowest BCUT2D eigenvalue weighted by molar-refractivity contribution is -0.142. The van der Waals surface area contributed by atoms with E-state index in [-0.39, 0.29) is 16.5 Å². The van der Waals surface area contributed by atoms with E-state index in [0.717, 1.165) is 19.1 Å². The molecule has 2 aromatic rings. The van der Waals surface area contributed by atoms with Crippen LogP contribution >= 0.6 is 11.6 Å². The van der Waals surface area contributed by atoms with Crippen LogP contribution in [0.5, 0.6) is 0 Å². The number of ether oxygens (including phenoxy) is 2. The number of hydrogen-bond acceptors (Lipinski definition) is 5. The summed E-state index contributed by atoms with van der Waals surface area (Å²) in [5.41, 5.74) is -1.46. The van der Waals surface area contributed by atoms with E-state index in [2.05, 4.69) is 5.32 Å². The molecule has 0 fully saturated rings. The Morgan fingerprint density at radius 1 is 1.18 bits per heavy atom. The van der Waals surface area contributed by atoms with Gasteiger partial charge in [0.1, 0.15) is 5.82 Å². The van der Waals surface area contributed by atoms with Crippen molar-refractivity contribution in [2.45, 2.75) is 19.4 Å². The maximum absolute atomic E-state index is 13.7. The standard InChI is InChI=1S/C20H15ClFNO5/c1-11(24)27-16-17(25)20(2,14-10-13(22)8-9-15(14)21)28-19(16)23-18(26)12-6-4-3-5-7-12/h3-10H,1-2H3,(H,23,26). The number of ketones is 1. The summed E-state index contributed by atoms with van der Waals surface area (Å²) in [6, 6.07) is 11.6. The number of hydrogen-bond donors (Lipinski definition) is 1. The lowest BCUT2D eigenvalue weighted by atomic mass is 9.91. The smallest absolute Gasteiger partial charge is 0.308 e. The van der Waals surface area contributed by atoms with E-state index in [1.807, 2.05) is 0 Å². The minimum absolute atomic E-state index is 0.0350. The zero-order valence-electron chi connectivity index (χ0n) is 14.9. The van der Waals surface area contributed by atoms with Gasteiger partial charge in [0.2, 0.25) is 17.2 Å². The average molecular weight is 404 g/mol. The van der Waals surface area contributed by atoms with Crippen molar-refractivity contribution in [3.05, 3.63) is 82.1 Å². The van der Waals surface area contributed by atoms with Crippen LogP contribution in [0, 0.1) is 5.82 Å². The van der Waals surface area contributed by atoms with E-state index in [4.69, 9.17) is 21.1 Å². The molecule has 28 heavy (non-hydrogen) atoms. The molecular weight excluding hydrogens is 389 g/mol. The van der Waals surface area contributed by atoms with Gasteiger partial charge in [-0.25, -0.2) is 4.39 Å². The van der Waals surface area contributed by atoms with Crippen molar-refractivity contribution in [1.29, 1.82) is 0 Å². The van der Waals surface area contributed by atoms with Gasteiger partial charge in [0, 0.05) is 23.1 Å². The summed E-state index contributed by atoms with van der Waals surface area (Å²) in [6.07, 6.45) is 0. The van der Waals surface area contributed by atoms with E-state index < -0.39 is 34.8 Å². The number of esters is 1. The molecule has 0 radical (unpaired) electrons. The molecule has 0 bridgehead atoms. The van der Waals surface area contributed by atoms with Gasteiger partial charge in [-0.05, 0) is 37.3 Å². The summed E-state index contributed by atoms with van der Waals surface area (Å²) in [7, 11) is 0. The molecule has 0 saturated heterocycles. The number of rotatable bonds is 4. The molecule has 1 unspecified atom stereocenters. The molecule has 1 aliphatic heterocycles. The average Bonchev–Trinajstić information content (AvgIpc) is 2.89. The second-order valence-electron chi connectivity index (χ2n) is 6.16. The van der Waals surface area contributed by atoms with Crippen LogP contribution in [0.2, 0.25) is 5.02 Å². The molecule has 1 N–H and O–H groups in total. The van der Waals surface area contributed by atoms with Crippen LogP contribution in [0.25, 0.3) is 0 Å². The Balaban J connectivity index is 2.00. The summed E-state index contributed by atoms with van der Waals surface area (Å²) < 4.78 is 24.4. The largest absolute Gasteiger partial charge is 0.456 e. The second kappa shape index (κ2) is 7.44. The first-order chi connectivity index (χ1) is 13.2. The van der Waals surface area contributed by atoms with Crippen LogP contribution in [-0.2, 0) is 24.7 Å². The summed E-state index contributed by atoms with van der Waals surface area (Å²) >= 11 is 6.12. The predicted molar refractivity (Wildman–Crippen MR) is 97.6 cm³/mol. The number of benzene rings is 2. The SMILES string of the molecule is CC(=O)OC1=C(NC(=O)c2ccccc2)OC(C)(c2cc(F)ccc2Cl)C1=O. The Labute approximate surface area is 164 Å². The molecule has 1 heterocycles. The molecule has 8 heteroatoms. The van der Waals surface area contributed by atoms with Crippen LogP contribution in [0.1, 0.15) is 29.8 Å². The van der Waals surface area contributed by atoms with Gasteiger partial charge < -0.3 is 9.47 Å². The quantitative estimate of drug-likeness (QED) is 0.791. The van der Waals surface area contributed by atoms with E-state index >= 15 is 0 Å². The van der Waals surface area contributed by atoms with E-state index in [0.29, 0.717) is 5.56 Å². The van der Waals surface area contributed by atoms with E-state index in [1.54, 1.807) is 30.3 Å². The highest BCUT2D eigenvalue weighted by Gasteiger charge is 2.51. The van der Waals surface area contributed by atoms with Crippen LogP contribution in [0.4, 0.5) is 4.39 Å². The molecule has 144 valence electrons. The van der Waals surface area contributed by atoms with Crippen molar-refractivity contribution in [2.75, 3.05) is 0 Å². The Morgan fingerprint density at radius 3 is 2.50 bits per heavy atom. The monoisotopic (exact) mass is 403 g/mol. The Hall–Kier alpha value is -3.19. The maximum atomic E-state index is 13.7. The van der Waals surface area contributed by atoms with Crippen LogP contribution in [0.3, 0.4) is 0 Å². The number of Topliss-reactive ketones (excluding diaryl/α,β-unsaturated/α-hetero) is 1. The molecule has 0 saturated carbocycles. The van der Waals surface area contributed by atoms with Crippen LogP contribution in [0.15, 0.2) is 60.2 Å². The van der Waals surface area contributed by atoms with Crippen LogP contribution in [-0.4, -0.2) is 17.7 Å². The Morgan fingerprint density at radius 2 is 1.86 bits per heavy atom. The van der Waals surface area contributed by atoms with Gasteiger partial charge in [-0.15, -0.1) is 0 Å². The molecule has 0 spiro atoms. The summed E-state index contributed by atoms with van der Waals surface area (Å²) in [5.74, 6) is -3.61. The fraction of sp³-hybridized carbons (Fsp3) is 0.150. The van der Waals surface area contributed by atoms with Crippen LogP contribution < -0.4 is 5.32 Å². The minimum Gasteiger partial charge on any atom is -0.456 e. The highest BCUT2D eigenvalue weighted by Crippen LogP contribution is 2.41. The lowest BCUT2D eigenvalue weighted by Crippen LogP contribution is -2.33. The van der Waals surface area contributed by atoms with Crippen molar-refractivity contribution >= 4 is 29.3 Å². The molecule has 6 nitrogen and oxygen atoms in total. The second-order valence-corrected chi connectivity index (χ2v) is 6.57. The van der Waals surface area contributed by atoms with Crippen molar-refractivity contribution in [1.82, 2.24) is 5.32 Å². The Bertz CT molecular complexity index is 1000. The minimum atomic E-state index is -1.79. The number of halogens is 2. The molecular formula is C20H15ClFNO5. The van der Waals surface area contributed by atoms with Gasteiger partial charge in [-0.2, -0.15) is 0 Å². The van der Waals surface area contributed by atoms with Gasteiger partial charge in [0.05, 0.1) is 0 Å². The van der Waals surface area contributed by atoms with Crippen molar-refractivity contribution in [3.63, 3.8) is 0 Å². The number of nitrogens with one attached hydrogen (secondary N) is 1. The number of carbonyl (C=O) groups excluding carboxylic acids is 3. The topological polar surface area (TPSA) is 81.7 Å². The van der Waals surface area contributed by atoms with Crippen molar-refractivity contribution in [2.24, 2.45) is 0 Å². The molecule has 1 atom stereocenters. The zero-order valence-corrected chi connectivity index (χ0v) is 15.7. The fourth-order valence-corrected chi connectivity index (χ4v) is 3.04. The summed E-state index contributed by atoms with van der Waals surface area (Å²) in [4.78, 5) is 36.9. The molecule has 1 amide bonds. The van der Waals surface area contributed by atoms with Gasteiger partial charge in [-0.1, -0.05) is 29.8 Å². The number of carbonyl (C=O) groups is 3. The van der Waals surface area contributed by atoms with E-state index in [1.165, 1.54) is 13.0 Å². The number of amides is 1. The third-order valence-electron chi connectivity index (χ3n) is 4.10.